The number of hydrogen-bond acceptors (Lipinski definition) is 2. The Balaban J connectivity index is 1.28. The van der Waals surface area contributed by atoms with Crippen molar-refractivity contribution in [1.82, 2.24) is 5.32 Å². The van der Waals surface area contributed by atoms with Crippen molar-refractivity contribution in [3.05, 3.63) is 33.8 Å². The van der Waals surface area contributed by atoms with Gasteiger partial charge in [-0.2, -0.15) is 0 Å². The van der Waals surface area contributed by atoms with Gasteiger partial charge in [-0.15, -0.1) is 0 Å². The average Bonchev–Trinajstić information content (AvgIpc) is 2.50. The summed E-state index contributed by atoms with van der Waals surface area (Å²) in [6.45, 7) is 1.09. The lowest BCUT2D eigenvalue weighted by Crippen LogP contribution is -2.52. The van der Waals surface area contributed by atoms with E-state index in [1.165, 1.54) is 38.5 Å². The van der Waals surface area contributed by atoms with Crippen molar-refractivity contribution >= 4 is 29.1 Å². The van der Waals surface area contributed by atoms with Crippen LogP contribution in [0.5, 0.6) is 0 Å². The van der Waals surface area contributed by atoms with Gasteiger partial charge in [-0.25, -0.2) is 0 Å². The molecule has 24 heavy (non-hydrogen) atoms. The maximum Gasteiger partial charge on any atom is 0.252 e. The van der Waals surface area contributed by atoms with Crippen molar-refractivity contribution in [2.45, 2.75) is 44.1 Å². The van der Waals surface area contributed by atoms with Gasteiger partial charge in [-0.3, -0.25) is 4.79 Å². The lowest BCUT2D eigenvalue weighted by molar-refractivity contribution is -0.160. The Labute approximate surface area is 153 Å². The molecular weight excluding hydrogens is 345 g/mol. The third kappa shape index (κ3) is 3.31. The predicted molar refractivity (Wildman–Crippen MR) is 95.7 cm³/mol. The van der Waals surface area contributed by atoms with Gasteiger partial charge in [0.15, 0.2) is 0 Å². The first-order chi connectivity index (χ1) is 11.5. The van der Waals surface area contributed by atoms with Crippen LogP contribution in [0, 0.1) is 17.8 Å². The van der Waals surface area contributed by atoms with Crippen LogP contribution >= 0.6 is 23.2 Å². The molecule has 130 valence electrons. The van der Waals surface area contributed by atoms with Crippen LogP contribution in [0.4, 0.5) is 0 Å². The van der Waals surface area contributed by atoms with Crippen LogP contribution in [0.2, 0.25) is 10.0 Å². The average molecular weight is 368 g/mol. The molecule has 4 saturated carbocycles. The van der Waals surface area contributed by atoms with E-state index in [-0.39, 0.29) is 11.5 Å². The second-order valence-electron chi connectivity index (χ2n) is 7.83. The molecule has 4 aliphatic carbocycles. The summed E-state index contributed by atoms with van der Waals surface area (Å²) in [5.41, 5.74) is 0.549. The van der Waals surface area contributed by atoms with E-state index < -0.39 is 0 Å². The summed E-state index contributed by atoms with van der Waals surface area (Å²) < 4.78 is 6.31. The molecule has 0 saturated heterocycles. The van der Waals surface area contributed by atoms with E-state index in [9.17, 15) is 4.79 Å². The number of carbonyl (C=O) groups is 1. The minimum atomic E-state index is -0.175. The summed E-state index contributed by atoms with van der Waals surface area (Å²) in [6, 6.07) is 4.91. The standard InChI is InChI=1S/C19H23Cl2NO2/c20-15-1-2-16(17(21)8-15)18(23)22-3-4-24-19-9-12-5-13(10-19)7-14(6-12)11-19/h1-2,8,12-14H,3-7,9-11H2,(H,22,23). The Morgan fingerprint density at radius 2 is 1.75 bits per heavy atom. The van der Waals surface area contributed by atoms with E-state index in [0.717, 1.165) is 17.8 Å². The van der Waals surface area contributed by atoms with Gasteiger partial charge in [-0.1, -0.05) is 23.2 Å². The summed E-state index contributed by atoms with van der Waals surface area (Å²) in [5.74, 6) is 2.45. The number of ether oxygens (including phenoxy) is 1. The molecule has 0 atom stereocenters. The molecule has 1 aromatic rings. The first kappa shape index (κ1) is 16.7. The Morgan fingerprint density at radius 1 is 1.12 bits per heavy atom. The Hall–Kier alpha value is -0.770. The van der Waals surface area contributed by atoms with Gasteiger partial charge in [0.25, 0.3) is 5.91 Å². The van der Waals surface area contributed by atoms with Crippen molar-refractivity contribution in [3.8, 4) is 0 Å². The lowest BCUT2D eigenvalue weighted by atomic mass is 9.54. The van der Waals surface area contributed by atoms with Crippen LogP contribution in [-0.2, 0) is 4.74 Å². The summed E-state index contributed by atoms with van der Waals surface area (Å²) >= 11 is 11.9. The van der Waals surface area contributed by atoms with Gasteiger partial charge in [-0.05, 0) is 74.5 Å². The van der Waals surface area contributed by atoms with E-state index in [1.54, 1.807) is 18.2 Å². The zero-order valence-corrected chi connectivity index (χ0v) is 15.2. The number of halogens is 2. The monoisotopic (exact) mass is 367 g/mol. The number of amides is 1. The molecule has 0 aromatic heterocycles. The van der Waals surface area contributed by atoms with Crippen LogP contribution < -0.4 is 5.32 Å². The molecule has 4 aliphatic rings. The third-order valence-corrected chi connectivity index (χ3v) is 6.50. The topological polar surface area (TPSA) is 38.3 Å². The third-order valence-electron chi connectivity index (χ3n) is 5.95. The van der Waals surface area contributed by atoms with Crippen LogP contribution in [0.1, 0.15) is 48.9 Å². The SMILES string of the molecule is O=C(NCCOC12CC3CC(CC(C3)C1)C2)c1ccc(Cl)cc1Cl. The van der Waals surface area contributed by atoms with Crippen LogP contribution in [0.3, 0.4) is 0 Å². The minimum Gasteiger partial charge on any atom is -0.373 e. The molecule has 0 heterocycles. The zero-order valence-electron chi connectivity index (χ0n) is 13.7. The Morgan fingerprint density at radius 3 is 2.33 bits per heavy atom. The minimum absolute atomic E-state index is 0.0946. The van der Waals surface area contributed by atoms with Crippen molar-refractivity contribution in [2.24, 2.45) is 17.8 Å². The molecule has 1 N–H and O–H groups in total. The highest BCUT2D eigenvalue weighted by molar-refractivity contribution is 6.36. The summed E-state index contributed by atoms with van der Waals surface area (Å²) in [6.07, 6.45) is 7.89. The van der Waals surface area contributed by atoms with Gasteiger partial charge in [0.1, 0.15) is 0 Å². The van der Waals surface area contributed by atoms with Crippen molar-refractivity contribution < 1.29 is 9.53 Å². The van der Waals surface area contributed by atoms with E-state index in [2.05, 4.69) is 5.32 Å². The first-order valence-corrected chi connectivity index (χ1v) is 9.66. The van der Waals surface area contributed by atoms with Crippen LogP contribution in [0.15, 0.2) is 18.2 Å². The highest BCUT2D eigenvalue weighted by atomic mass is 35.5. The molecule has 1 amide bonds. The van der Waals surface area contributed by atoms with Gasteiger partial charge in [0.05, 0.1) is 22.8 Å². The number of rotatable bonds is 5. The predicted octanol–water partition coefficient (Wildman–Crippen LogP) is 4.71. The maximum atomic E-state index is 12.2. The largest absolute Gasteiger partial charge is 0.373 e. The van der Waals surface area contributed by atoms with E-state index >= 15 is 0 Å². The van der Waals surface area contributed by atoms with Crippen molar-refractivity contribution in [2.75, 3.05) is 13.2 Å². The van der Waals surface area contributed by atoms with Crippen molar-refractivity contribution in [3.63, 3.8) is 0 Å². The molecule has 3 nitrogen and oxygen atoms in total. The fourth-order valence-electron chi connectivity index (χ4n) is 5.41. The quantitative estimate of drug-likeness (QED) is 0.765. The van der Waals surface area contributed by atoms with Crippen LogP contribution in [0.25, 0.3) is 0 Å². The second-order valence-corrected chi connectivity index (χ2v) is 8.67. The molecule has 5 heteroatoms. The lowest BCUT2D eigenvalue weighted by Gasteiger charge is -2.56. The molecule has 0 aliphatic heterocycles. The first-order valence-electron chi connectivity index (χ1n) is 8.90. The zero-order chi connectivity index (χ0) is 16.7. The normalized spacial score (nSPS) is 33.7. The maximum absolute atomic E-state index is 12.2. The number of nitrogens with one attached hydrogen (secondary N) is 1. The smallest absolute Gasteiger partial charge is 0.252 e. The highest BCUT2D eigenvalue weighted by Crippen LogP contribution is 2.57. The van der Waals surface area contributed by atoms with E-state index in [0.29, 0.717) is 28.8 Å². The number of carbonyl (C=O) groups excluding carboxylic acids is 1. The highest BCUT2D eigenvalue weighted by Gasteiger charge is 2.51. The molecule has 1 aromatic carbocycles. The van der Waals surface area contributed by atoms with Crippen molar-refractivity contribution in [1.29, 1.82) is 0 Å². The Bertz CT molecular complexity index is 611. The molecule has 5 rings (SSSR count). The Kier molecular flexibility index (Phi) is 4.53. The molecule has 4 bridgehead atoms. The fourth-order valence-corrected chi connectivity index (χ4v) is 5.90. The summed E-state index contributed by atoms with van der Waals surface area (Å²) in [4.78, 5) is 12.2. The molecule has 0 radical (unpaired) electrons. The van der Waals surface area contributed by atoms with Gasteiger partial charge < -0.3 is 10.1 Å². The molecule has 0 spiro atoms. The van der Waals surface area contributed by atoms with E-state index in [1.807, 2.05) is 0 Å². The van der Waals surface area contributed by atoms with Crippen LogP contribution in [-0.4, -0.2) is 24.7 Å². The molecular formula is C19H23Cl2NO2. The second kappa shape index (κ2) is 6.51. The molecule has 0 unspecified atom stereocenters. The summed E-state index contributed by atoms with van der Waals surface area (Å²) in [7, 11) is 0. The summed E-state index contributed by atoms with van der Waals surface area (Å²) in [5, 5.41) is 3.81. The number of benzene rings is 1. The molecule has 4 fully saturated rings. The van der Waals surface area contributed by atoms with Gasteiger partial charge in [0, 0.05) is 11.6 Å². The number of hydrogen-bond donors (Lipinski definition) is 1. The van der Waals surface area contributed by atoms with Gasteiger partial charge >= 0.3 is 0 Å². The van der Waals surface area contributed by atoms with Gasteiger partial charge in [0.2, 0.25) is 0 Å². The van der Waals surface area contributed by atoms with E-state index in [4.69, 9.17) is 27.9 Å². The fraction of sp³-hybridized carbons (Fsp3) is 0.632.